The van der Waals surface area contributed by atoms with E-state index in [0.717, 1.165) is 40.4 Å². The molecule has 0 spiro atoms. The summed E-state index contributed by atoms with van der Waals surface area (Å²) in [5, 5.41) is 3.18. The van der Waals surface area contributed by atoms with Crippen molar-refractivity contribution < 1.29 is 9.30 Å². The molecular formula is C21H19O2P. The molecule has 0 fully saturated rings. The van der Waals surface area contributed by atoms with E-state index in [0.29, 0.717) is 0 Å². The fourth-order valence-corrected chi connectivity index (χ4v) is 4.32. The maximum Gasteiger partial charge on any atom is 0.192 e. The molecule has 4 rings (SSSR count). The molecule has 1 aliphatic rings. The van der Waals surface area contributed by atoms with Gasteiger partial charge in [-0.1, -0.05) is 36.4 Å². The highest BCUT2D eigenvalue weighted by Gasteiger charge is 2.22. The lowest BCUT2D eigenvalue weighted by atomic mass is 9.84. The van der Waals surface area contributed by atoms with Crippen LogP contribution in [0.25, 0.3) is 21.9 Å². The molecule has 24 heavy (non-hydrogen) atoms. The van der Waals surface area contributed by atoms with Crippen LogP contribution in [0.2, 0.25) is 0 Å². The first kappa shape index (κ1) is 15.4. The Morgan fingerprint density at radius 3 is 2.58 bits per heavy atom. The van der Waals surface area contributed by atoms with E-state index < -0.39 is 0 Å². The maximum absolute atomic E-state index is 11.9. The number of aryl methyl sites for hydroxylation is 1. The summed E-state index contributed by atoms with van der Waals surface area (Å²) >= 11 is 0. The first-order valence-electron chi connectivity index (χ1n) is 8.37. The van der Waals surface area contributed by atoms with Crippen LogP contribution in [-0.4, -0.2) is 7.11 Å². The highest BCUT2D eigenvalue weighted by atomic mass is 31.1. The summed E-state index contributed by atoms with van der Waals surface area (Å²) in [5.41, 5.74) is 4.92. The van der Waals surface area contributed by atoms with Crippen LogP contribution in [-0.2, 0) is 17.4 Å². The summed E-state index contributed by atoms with van der Waals surface area (Å²) < 4.78 is 17.6. The topological polar surface area (TPSA) is 26.3 Å². The highest BCUT2D eigenvalue weighted by Crippen LogP contribution is 2.41. The van der Waals surface area contributed by atoms with Crippen molar-refractivity contribution in [3.05, 3.63) is 59.7 Å². The average Bonchev–Trinajstić information content (AvgIpc) is 2.66. The first-order valence-corrected chi connectivity index (χ1v) is 9.19. The molecule has 0 aliphatic heterocycles. The van der Waals surface area contributed by atoms with Gasteiger partial charge in [0.2, 0.25) is 0 Å². The molecule has 0 unspecified atom stereocenters. The summed E-state index contributed by atoms with van der Waals surface area (Å²) in [4.78, 5) is 0. The lowest BCUT2D eigenvalue weighted by molar-refractivity contribution is 0.417. The number of ether oxygens (including phenoxy) is 1. The zero-order chi connectivity index (χ0) is 16.5. The van der Waals surface area contributed by atoms with Crippen LogP contribution in [0.5, 0.6) is 5.75 Å². The molecule has 0 heterocycles. The Bertz CT molecular complexity index is 931. The molecule has 0 amide bonds. The van der Waals surface area contributed by atoms with Gasteiger partial charge in [0.15, 0.2) is 8.46 Å². The van der Waals surface area contributed by atoms with E-state index in [4.69, 9.17) is 4.74 Å². The van der Waals surface area contributed by atoms with Crippen molar-refractivity contribution in [3.63, 3.8) is 0 Å². The second kappa shape index (κ2) is 6.37. The first-order chi connectivity index (χ1) is 11.8. The number of rotatable bonds is 3. The SMILES string of the molecule is COc1ccc2ccccc2c1-c1c(P=O)ccc2c1CCCC2. The predicted octanol–water partition coefficient (Wildman–Crippen LogP) is 5.31. The van der Waals surface area contributed by atoms with E-state index in [-0.39, 0.29) is 8.46 Å². The zero-order valence-electron chi connectivity index (χ0n) is 13.7. The second-order valence-electron chi connectivity index (χ2n) is 6.26. The lowest BCUT2D eigenvalue weighted by Gasteiger charge is -2.23. The summed E-state index contributed by atoms with van der Waals surface area (Å²) in [6, 6.07) is 16.6. The van der Waals surface area contributed by atoms with Crippen LogP contribution in [0.15, 0.2) is 48.5 Å². The van der Waals surface area contributed by atoms with E-state index in [9.17, 15) is 4.57 Å². The number of benzene rings is 3. The molecule has 120 valence electrons. The van der Waals surface area contributed by atoms with Crippen LogP contribution in [0.3, 0.4) is 0 Å². The van der Waals surface area contributed by atoms with Gasteiger partial charge in [-0.3, -0.25) is 4.57 Å². The number of hydrogen-bond acceptors (Lipinski definition) is 2. The van der Waals surface area contributed by atoms with Crippen LogP contribution in [0, 0.1) is 0 Å². The smallest absolute Gasteiger partial charge is 0.192 e. The number of methoxy groups -OCH3 is 1. The third-order valence-corrected chi connectivity index (χ3v) is 5.54. The van der Waals surface area contributed by atoms with Gasteiger partial charge < -0.3 is 4.74 Å². The molecule has 0 N–H and O–H groups in total. The van der Waals surface area contributed by atoms with Gasteiger partial charge in [-0.25, -0.2) is 0 Å². The summed E-state index contributed by atoms with van der Waals surface area (Å²) in [6.45, 7) is 0. The standard InChI is InChI=1S/C21H19O2P/c1-23-18-12-10-14-6-2-4-8-16(14)20(18)21-17-9-5-3-7-15(17)11-13-19(21)24-22/h2,4,6,8,10-13H,3,5,7,9H2,1H3. The van der Waals surface area contributed by atoms with Crippen LogP contribution < -0.4 is 10.0 Å². The van der Waals surface area contributed by atoms with E-state index in [1.165, 1.54) is 29.4 Å². The minimum absolute atomic E-state index is 0.0621. The van der Waals surface area contributed by atoms with Crippen molar-refractivity contribution in [1.82, 2.24) is 0 Å². The molecule has 3 heteroatoms. The highest BCUT2D eigenvalue weighted by molar-refractivity contribution is 7.34. The Kier molecular flexibility index (Phi) is 4.08. The minimum Gasteiger partial charge on any atom is -0.496 e. The van der Waals surface area contributed by atoms with Crippen molar-refractivity contribution in [3.8, 4) is 16.9 Å². The van der Waals surface area contributed by atoms with E-state index in [2.05, 4.69) is 30.3 Å². The second-order valence-corrected chi connectivity index (χ2v) is 6.92. The molecule has 0 saturated carbocycles. The van der Waals surface area contributed by atoms with E-state index in [1.54, 1.807) is 7.11 Å². The monoisotopic (exact) mass is 334 g/mol. The van der Waals surface area contributed by atoms with Gasteiger partial charge in [0, 0.05) is 11.1 Å². The Hall–Kier alpha value is -2.18. The normalized spacial score (nSPS) is 13.9. The van der Waals surface area contributed by atoms with Gasteiger partial charge in [-0.2, -0.15) is 0 Å². The summed E-state index contributed by atoms with van der Waals surface area (Å²) in [6.07, 6.45) is 4.56. The van der Waals surface area contributed by atoms with Crippen LogP contribution in [0.4, 0.5) is 0 Å². The lowest BCUT2D eigenvalue weighted by Crippen LogP contribution is -2.11. The van der Waals surface area contributed by atoms with Crippen LogP contribution in [0.1, 0.15) is 24.0 Å². The third-order valence-electron chi connectivity index (χ3n) is 4.97. The van der Waals surface area contributed by atoms with Crippen LogP contribution >= 0.6 is 8.46 Å². The Morgan fingerprint density at radius 2 is 1.75 bits per heavy atom. The Morgan fingerprint density at radius 1 is 0.917 bits per heavy atom. The fourth-order valence-electron chi connectivity index (χ4n) is 3.85. The molecule has 0 saturated heterocycles. The molecule has 3 aromatic rings. The van der Waals surface area contributed by atoms with Gasteiger partial charge >= 0.3 is 0 Å². The van der Waals surface area contributed by atoms with Crippen molar-refractivity contribution >= 4 is 24.5 Å². The van der Waals surface area contributed by atoms with Gasteiger partial charge in [-0.15, -0.1) is 0 Å². The van der Waals surface area contributed by atoms with Gasteiger partial charge in [0.25, 0.3) is 0 Å². The molecule has 0 radical (unpaired) electrons. The number of fused-ring (bicyclic) bond motifs is 2. The van der Waals surface area contributed by atoms with Gasteiger partial charge in [0.05, 0.1) is 12.4 Å². The van der Waals surface area contributed by atoms with E-state index >= 15 is 0 Å². The molecule has 0 aromatic heterocycles. The zero-order valence-corrected chi connectivity index (χ0v) is 14.6. The largest absolute Gasteiger partial charge is 0.496 e. The quantitative estimate of drug-likeness (QED) is 0.607. The summed E-state index contributed by atoms with van der Waals surface area (Å²) in [5.74, 6) is 0.845. The Balaban J connectivity index is 2.13. The molecule has 1 aliphatic carbocycles. The predicted molar refractivity (Wildman–Crippen MR) is 99.8 cm³/mol. The fraction of sp³-hybridized carbons (Fsp3) is 0.238. The molecule has 0 bridgehead atoms. The van der Waals surface area contributed by atoms with Gasteiger partial charge in [-0.05, 0) is 59.7 Å². The van der Waals surface area contributed by atoms with Crippen molar-refractivity contribution in [2.45, 2.75) is 25.7 Å². The molecule has 0 atom stereocenters. The minimum atomic E-state index is 0.0621. The molecular weight excluding hydrogens is 315 g/mol. The van der Waals surface area contributed by atoms with E-state index in [1.807, 2.05) is 18.2 Å². The number of hydrogen-bond donors (Lipinski definition) is 0. The van der Waals surface area contributed by atoms with Crippen molar-refractivity contribution in [2.24, 2.45) is 0 Å². The summed E-state index contributed by atoms with van der Waals surface area (Å²) in [7, 11) is 1.77. The Labute approximate surface area is 143 Å². The molecule has 3 aromatic carbocycles. The van der Waals surface area contributed by atoms with Gasteiger partial charge in [0.1, 0.15) is 5.75 Å². The maximum atomic E-state index is 11.9. The molecule has 2 nitrogen and oxygen atoms in total. The third kappa shape index (κ3) is 2.42. The van der Waals surface area contributed by atoms with Crippen molar-refractivity contribution in [1.29, 1.82) is 0 Å². The van der Waals surface area contributed by atoms with Crippen molar-refractivity contribution in [2.75, 3.05) is 7.11 Å². The average molecular weight is 334 g/mol.